The Kier molecular flexibility index (Phi) is 10.1. The van der Waals surface area contributed by atoms with E-state index in [4.69, 9.17) is 0 Å². The minimum atomic E-state index is -0.569. The van der Waals surface area contributed by atoms with E-state index in [2.05, 4.69) is 41.2 Å². The number of nitrogens with zero attached hydrogens (tertiary/aromatic N) is 10. The van der Waals surface area contributed by atoms with Crippen molar-refractivity contribution in [2.24, 2.45) is 0 Å². The molecule has 0 aliphatic carbocycles. The number of nitrogens with one attached hydrogen (secondary N) is 2. The Morgan fingerprint density at radius 3 is 1.59 bits per heavy atom. The maximum atomic E-state index is 12.9. The summed E-state index contributed by atoms with van der Waals surface area (Å²) in [5.74, 6) is 0.550. The average Bonchev–Trinajstić information content (AvgIpc) is 3.86. The van der Waals surface area contributed by atoms with Gasteiger partial charge in [-0.15, -0.1) is 20.4 Å². The first-order chi connectivity index (χ1) is 23.7. The van der Waals surface area contributed by atoms with Crippen molar-refractivity contribution in [1.82, 2.24) is 51.0 Å². The first-order valence-electron chi connectivity index (χ1n) is 15.4. The molecule has 2 aliphatic heterocycles. The van der Waals surface area contributed by atoms with Crippen molar-refractivity contribution in [3.8, 4) is 0 Å². The maximum absolute atomic E-state index is 12.9. The van der Waals surface area contributed by atoms with Gasteiger partial charge in [0, 0.05) is 62.3 Å². The zero-order valence-electron chi connectivity index (χ0n) is 25.9. The van der Waals surface area contributed by atoms with Crippen LogP contribution in [0.3, 0.4) is 0 Å². The van der Waals surface area contributed by atoms with Crippen LogP contribution in [-0.4, -0.2) is 98.9 Å². The molecule has 2 amide bonds. The number of aromatic nitrogens is 8. The lowest BCUT2D eigenvalue weighted by molar-refractivity contribution is -0.388. The highest BCUT2D eigenvalue weighted by Crippen LogP contribution is 2.40. The number of hydrogen-bond donors (Lipinski definition) is 2. The summed E-state index contributed by atoms with van der Waals surface area (Å²) in [6.45, 7) is 2.00. The monoisotopic (exact) mass is 686 g/mol. The predicted molar refractivity (Wildman–Crippen MR) is 174 cm³/mol. The number of carbonyl (C=O) groups excluding carboxylic acids is 2. The molecule has 2 atom stereocenters. The second-order valence-electron chi connectivity index (χ2n) is 11.5. The number of H-pyrrole nitrogens is 2. The first kappa shape index (κ1) is 33.1. The van der Waals surface area contributed by atoms with E-state index in [0.29, 0.717) is 49.0 Å². The summed E-state index contributed by atoms with van der Waals surface area (Å²) < 4.78 is 0. The standard InChI is InChI=1S/C30H30N12O6S/c43-27(39-13-1-3-21(17-39)29-31-35-36-32-29)11-7-19-5-9-25(23(15-19)41(45)46)49-26-10-6-20(16-24(26)42(47)48)8-12-28(44)40-14-2-4-22(18-40)30-33-37-38-34-30/h5-12,15-16,21-22H,1-4,13-14,17-18H2,(H,31,32,35,36)(H,33,34,37,38)/b11-7+,12-8+. The van der Waals surface area contributed by atoms with Crippen LogP contribution in [0.1, 0.15) is 60.3 Å². The summed E-state index contributed by atoms with van der Waals surface area (Å²) in [7, 11) is 0. The predicted octanol–water partition coefficient (Wildman–Crippen LogP) is 3.52. The van der Waals surface area contributed by atoms with Crippen molar-refractivity contribution in [1.29, 1.82) is 0 Å². The minimum absolute atomic E-state index is 0.0315. The molecule has 2 fully saturated rings. The van der Waals surface area contributed by atoms with Crippen LogP contribution in [-0.2, 0) is 9.59 Å². The average molecular weight is 687 g/mol. The molecule has 2 aromatic heterocycles. The van der Waals surface area contributed by atoms with Gasteiger partial charge in [0.05, 0.1) is 19.6 Å². The van der Waals surface area contributed by atoms with Crippen LogP contribution in [0.4, 0.5) is 11.4 Å². The molecule has 6 rings (SSSR count). The number of likely N-dealkylation sites (tertiary alicyclic amines) is 2. The van der Waals surface area contributed by atoms with Crippen molar-refractivity contribution >= 4 is 47.1 Å². The summed E-state index contributed by atoms with van der Waals surface area (Å²) in [4.78, 5) is 52.4. The quantitative estimate of drug-likeness (QED) is 0.138. The first-order valence-corrected chi connectivity index (χ1v) is 16.2. The van der Waals surface area contributed by atoms with Crippen LogP contribution >= 0.6 is 11.8 Å². The molecule has 2 aliphatic rings. The topological polar surface area (TPSA) is 236 Å². The van der Waals surface area contributed by atoms with E-state index < -0.39 is 9.85 Å². The van der Waals surface area contributed by atoms with Crippen molar-refractivity contribution in [2.45, 2.75) is 47.3 Å². The number of rotatable bonds is 10. The lowest BCUT2D eigenvalue weighted by Gasteiger charge is -2.30. The zero-order chi connectivity index (χ0) is 34.3. The summed E-state index contributed by atoms with van der Waals surface area (Å²) in [6.07, 6.45) is 8.95. The van der Waals surface area contributed by atoms with Gasteiger partial charge in [0.2, 0.25) is 11.8 Å². The third-order valence-corrected chi connectivity index (χ3v) is 9.47. The summed E-state index contributed by atoms with van der Waals surface area (Å²) in [5, 5.41) is 52.2. The van der Waals surface area contributed by atoms with E-state index in [1.807, 2.05) is 0 Å². The van der Waals surface area contributed by atoms with E-state index in [1.165, 1.54) is 48.6 Å². The maximum Gasteiger partial charge on any atom is 0.283 e. The Morgan fingerprint density at radius 1 is 0.755 bits per heavy atom. The van der Waals surface area contributed by atoms with Gasteiger partial charge in [0.1, 0.15) is 0 Å². The van der Waals surface area contributed by atoms with Gasteiger partial charge in [0.15, 0.2) is 11.6 Å². The fourth-order valence-electron chi connectivity index (χ4n) is 5.86. The molecule has 4 heterocycles. The molecule has 18 nitrogen and oxygen atoms in total. The van der Waals surface area contributed by atoms with Crippen LogP contribution in [0.2, 0.25) is 0 Å². The number of benzene rings is 2. The lowest BCUT2D eigenvalue weighted by Crippen LogP contribution is -2.38. The van der Waals surface area contributed by atoms with Crippen LogP contribution < -0.4 is 0 Å². The molecule has 2 N–H and O–H groups in total. The molecular formula is C30H30N12O6S. The molecular weight excluding hydrogens is 656 g/mol. The minimum Gasteiger partial charge on any atom is -0.338 e. The number of tetrazole rings is 2. The van der Waals surface area contributed by atoms with Gasteiger partial charge in [-0.05, 0) is 61.1 Å². The van der Waals surface area contributed by atoms with Gasteiger partial charge in [-0.25, -0.2) is 0 Å². The summed E-state index contributed by atoms with van der Waals surface area (Å²) in [5.41, 5.74) is 0.319. The number of piperidine rings is 2. The summed E-state index contributed by atoms with van der Waals surface area (Å²) >= 11 is 0.886. The SMILES string of the molecule is O=C(/C=C/c1ccc(Sc2ccc(/C=C/C(=O)N3CCCC(c4nn[nH]n4)C3)cc2[N+](=O)[O-])c([N+](=O)[O-])c1)N1CCCC(c2nn[nH]n2)C1. The van der Waals surface area contributed by atoms with Crippen molar-refractivity contribution in [3.63, 3.8) is 0 Å². The third-order valence-electron chi connectivity index (χ3n) is 8.34. The molecule has 0 bridgehead atoms. The number of aromatic amines is 2. The van der Waals surface area contributed by atoms with Crippen molar-refractivity contribution in [2.75, 3.05) is 26.2 Å². The normalized spacial score (nSPS) is 18.3. The fraction of sp³-hybridized carbons (Fsp3) is 0.333. The van der Waals surface area contributed by atoms with Crippen LogP contribution in [0, 0.1) is 20.2 Å². The highest BCUT2D eigenvalue weighted by Gasteiger charge is 2.28. The van der Waals surface area contributed by atoms with Crippen molar-refractivity contribution in [3.05, 3.63) is 91.6 Å². The van der Waals surface area contributed by atoms with Gasteiger partial charge in [-0.3, -0.25) is 29.8 Å². The Bertz CT molecular complexity index is 1760. The molecule has 2 aromatic carbocycles. The molecule has 19 heteroatoms. The van der Waals surface area contributed by atoms with E-state index in [-0.39, 0.29) is 44.8 Å². The van der Waals surface area contributed by atoms with Crippen LogP contribution in [0.25, 0.3) is 12.2 Å². The largest absolute Gasteiger partial charge is 0.338 e. The van der Waals surface area contributed by atoms with Gasteiger partial charge in [-0.2, -0.15) is 10.4 Å². The Morgan fingerprint density at radius 2 is 1.20 bits per heavy atom. The Balaban J connectivity index is 1.12. The molecule has 0 saturated carbocycles. The van der Waals surface area contributed by atoms with E-state index in [1.54, 1.807) is 21.9 Å². The van der Waals surface area contributed by atoms with Crippen LogP contribution in [0.5, 0.6) is 0 Å². The van der Waals surface area contributed by atoms with Crippen molar-refractivity contribution < 1.29 is 19.4 Å². The number of hydrogen-bond acceptors (Lipinski definition) is 13. The Labute approximate surface area is 282 Å². The van der Waals surface area contributed by atoms with Gasteiger partial charge < -0.3 is 9.80 Å². The zero-order valence-corrected chi connectivity index (χ0v) is 26.7. The third kappa shape index (κ3) is 8.00. The fourth-order valence-corrected chi connectivity index (χ4v) is 6.84. The van der Waals surface area contributed by atoms with Gasteiger partial charge >= 0.3 is 0 Å². The molecule has 4 aromatic rings. The van der Waals surface area contributed by atoms with E-state index >= 15 is 0 Å². The van der Waals surface area contributed by atoms with Gasteiger partial charge in [0.25, 0.3) is 11.4 Å². The molecule has 2 unspecified atom stereocenters. The number of nitro groups is 2. The lowest BCUT2D eigenvalue weighted by atomic mass is 9.97. The highest BCUT2D eigenvalue weighted by atomic mass is 32.2. The summed E-state index contributed by atoms with van der Waals surface area (Å²) in [6, 6.07) is 8.85. The Hall–Kier alpha value is -5.85. The second-order valence-corrected chi connectivity index (χ2v) is 12.6. The van der Waals surface area contributed by atoms with Gasteiger partial charge in [-0.1, -0.05) is 34.3 Å². The van der Waals surface area contributed by atoms with E-state index in [0.717, 1.165) is 37.4 Å². The molecule has 2 saturated heterocycles. The molecule has 0 radical (unpaired) electrons. The second kappa shape index (κ2) is 14.9. The number of nitro benzene ring substituents is 2. The van der Waals surface area contributed by atoms with Crippen LogP contribution in [0.15, 0.2) is 58.3 Å². The molecule has 0 spiro atoms. The molecule has 252 valence electrons. The number of carbonyl (C=O) groups is 2. The molecule has 49 heavy (non-hydrogen) atoms. The number of amides is 2. The highest BCUT2D eigenvalue weighted by molar-refractivity contribution is 7.99. The smallest absolute Gasteiger partial charge is 0.283 e. The van der Waals surface area contributed by atoms with E-state index in [9.17, 15) is 29.8 Å².